The van der Waals surface area contributed by atoms with Crippen molar-refractivity contribution in [3.63, 3.8) is 0 Å². The van der Waals surface area contributed by atoms with Crippen LogP contribution in [0, 0.1) is 6.92 Å². The minimum Gasteiger partial charge on any atom is -0.252 e. The topological polar surface area (TPSA) is 12.9 Å². The van der Waals surface area contributed by atoms with Crippen molar-refractivity contribution in [1.82, 2.24) is 4.98 Å². The third-order valence-corrected chi connectivity index (χ3v) is 5.17. The molecule has 4 rings (SSSR count). The second-order valence-corrected chi connectivity index (χ2v) is 6.36. The molecule has 19 heavy (non-hydrogen) atoms. The summed E-state index contributed by atoms with van der Waals surface area (Å²) in [6.45, 7) is 2.25. The fraction of sp³-hybridized carbons (Fsp3) is 0.500. The van der Waals surface area contributed by atoms with E-state index in [1.807, 2.05) is 0 Å². The molecule has 0 amide bonds. The number of rotatable bonds is 2. The summed E-state index contributed by atoms with van der Waals surface area (Å²) in [7, 11) is 0. The number of hydrogen-bond donors (Lipinski definition) is 0. The van der Waals surface area contributed by atoms with E-state index in [-0.39, 0.29) is 0 Å². The van der Waals surface area contributed by atoms with Crippen molar-refractivity contribution in [2.45, 2.75) is 57.3 Å². The second kappa shape index (κ2) is 4.33. The lowest BCUT2D eigenvalue weighted by molar-refractivity contribution is 0.410. The molecule has 2 aliphatic rings. The molecule has 0 atom stereocenters. The monoisotopic (exact) mass is 251 g/mol. The van der Waals surface area contributed by atoms with Gasteiger partial charge in [-0.05, 0) is 55.7 Å². The first-order valence-corrected chi connectivity index (χ1v) is 7.73. The van der Waals surface area contributed by atoms with Crippen LogP contribution in [0.25, 0.3) is 10.9 Å². The van der Waals surface area contributed by atoms with Gasteiger partial charge in [0, 0.05) is 17.0 Å². The van der Waals surface area contributed by atoms with Crippen molar-refractivity contribution < 1.29 is 0 Å². The normalized spacial score (nSPS) is 20.3. The van der Waals surface area contributed by atoms with E-state index in [0.29, 0.717) is 0 Å². The quantitative estimate of drug-likeness (QED) is 0.725. The Morgan fingerprint density at radius 3 is 2.37 bits per heavy atom. The number of para-hydroxylation sites is 1. The molecule has 0 bridgehead atoms. The van der Waals surface area contributed by atoms with Crippen LogP contribution in [0.5, 0.6) is 0 Å². The molecule has 0 N–H and O–H groups in total. The van der Waals surface area contributed by atoms with Crippen molar-refractivity contribution in [3.8, 4) is 0 Å². The highest BCUT2D eigenvalue weighted by molar-refractivity contribution is 5.85. The fourth-order valence-electron chi connectivity index (χ4n) is 3.43. The molecule has 2 fully saturated rings. The molecule has 1 nitrogen and oxygen atoms in total. The van der Waals surface area contributed by atoms with Crippen molar-refractivity contribution >= 4 is 10.9 Å². The molecule has 1 aromatic heterocycles. The summed E-state index contributed by atoms with van der Waals surface area (Å²) < 4.78 is 0. The van der Waals surface area contributed by atoms with Gasteiger partial charge in [-0.1, -0.05) is 31.0 Å². The highest BCUT2D eigenvalue weighted by Gasteiger charge is 2.25. The van der Waals surface area contributed by atoms with Crippen molar-refractivity contribution in [3.05, 3.63) is 41.1 Å². The van der Waals surface area contributed by atoms with Gasteiger partial charge in [-0.15, -0.1) is 0 Å². The zero-order valence-electron chi connectivity index (χ0n) is 11.7. The first-order chi connectivity index (χ1) is 9.33. The summed E-state index contributed by atoms with van der Waals surface area (Å²) in [5.41, 5.74) is 5.57. The molecule has 1 heteroatoms. The van der Waals surface area contributed by atoms with Crippen LogP contribution in [0.1, 0.15) is 67.2 Å². The lowest BCUT2D eigenvalue weighted by Gasteiger charge is -2.29. The van der Waals surface area contributed by atoms with E-state index in [1.54, 1.807) is 0 Å². The second-order valence-electron chi connectivity index (χ2n) is 6.36. The Hall–Kier alpha value is -1.37. The molecule has 0 saturated heterocycles. The fourth-order valence-corrected chi connectivity index (χ4v) is 3.43. The van der Waals surface area contributed by atoms with Crippen LogP contribution in [0.2, 0.25) is 0 Å². The van der Waals surface area contributed by atoms with Crippen LogP contribution in [-0.2, 0) is 0 Å². The van der Waals surface area contributed by atoms with Crippen LogP contribution in [0.3, 0.4) is 0 Å². The lowest BCUT2D eigenvalue weighted by Crippen LogP contribution is -2.13. The van der Waals surface area contributed by atoms with Crippen molar-refractivity contribution in [2.75, 3.05) is 0 Å². The number of benzene rings is 1. The zero-order chi connectivity index (χ0) is 12.8. The largest absolute Gasteiger partial charge is 0.252 e. The maximum atomic E-state index is 5.06. The Morgan fingerprint density at radius 1 is 1.00 bits per heavy atom. The van der Waals surface area contributed by atoms with Crippen LogP contribution in [0.15, 0.2) is 24.3 Å². The molecular weight excluding hydrogens is 230 g/mol. The molecule has 0 aliphatic heterocycles. The number of aromatic nitrogens is 1. The summed E-state index contributed by atoms with van der Waals surface area (Å²) in [5, 5.41) is 1.37. The maximum absolute atomic E-state index is 5.06. The van der Waals surface area contributed by atoms with E-state index in [4.69, 9.17) is 4.98 Å². The average molecular weight is 251 g/mol. The molecule has 2 aliphatic carbocycles. The molecule has 0 radical (unpaired) electrons. The third-order valence-electron chi connectivity index (χ3n) is 5.17. The Balaban J connectivity index is 1.89. The van der Waals surface area contributed by atoms with Crippen LogP contribution < -0.4 is 0 Å². The number of aryl methyl sites for hydroxylation is 1. The summed E-state index contributed by atoms with van der Waals surface area (Å²) in [6.07, 6.45) is 8.16. The number of hydrogen-bond acceptors (Lipinski definition) is 1. The molecule has 0 unspecified atom stereocenters. The van der Waals surface area contributed by atoms with Crippen molar-refractivity contribution in [1.29, 1.82) is 0 Å². The minimum atomic E-state index is 0.734. The van der Waals surface area contributed by atoms with Gasteiger partial charge in [0.25, 0.3) is 0 Å². The van der Waals surface area contributed by atoms with Gasteiger partial charge in [0.2, 0.25) is 0 Å². The Kier molecular flexibility index (Phi) is 2.61. The predicted molar refractivity (Wildman–Crippen MR) is 79.7 cm³/mol. The Bertz CT molecular complexity index is 621. The third kappa shape index (κ3) is 1.79. The van der Waals surface area contributed by atoms with Gasteiger partial charge in [0.05, 0.1) is 5.52 Å². The smallest absolute Gasteiger partial charge is 0.0742 e. The minimum absolute atomic E-state index is 0.734. The first kappa shape index (κ1) is 11.5. The van der Waals surface area contributed by atoms with E-state index in [2.05, 4.69) is 31.2 Å². The van der Waals surface area contributed by atoms with Crippen LogP contribution in [0.4, 0.5) is 0 Å². The van der Waals surface area contributed by atoms with E-state index in [9.17, 15) is 0 Å². The molecule has 1 aromatic carbocycles. The Morgan fingerprint density at radius 2 is 1.74 bits per heavy atom. The van der Waals surface area contributed by atoms with Gasteiger partial charge in [-0.25, -0.2) is 0 Å². The van der Waals surface area contributed by atoms with Gasteiger partial charge in [0.15, 0.2) is 0 Å². The average Bonchev–Trinajstić information content (AvgIpc) is 2.25. The van der Waals surface area contributed by atoms with E-state index in [0.717, 1.165) is 11.8 Å². The molecule has 98 valence electrons. The molecule has 1 heterocycles. The molecule has 2 saturated carbocycles. The number of pyridine rings is 1. The zero-order valence-corrected chi connectivity index (χ0v) is 11.7. The first-order valence-electron chi connectivity index (χ1n) is 7.73. The van der Waals surface area contributed by atoms with Gasteiger partial charge in [-0.3, -0.25) is 4.98 Å². The SMILES string of the molecule is Cc1cc(C2CCC2)nc2c(C3CCC3)cccc12. The standard InChI is InChI=1S/C18H21N/c1-12-11-17(14-7-3-8-14)19-18-15(12)9-4-10-16(18)13-5-2-6-13/h4,9-11,13-14H,2-3,5-8H2,1H3. The van der Waals surface area contributed by atoms with E-state index in [1.165, 1.54) is 66.2 Å². The van der Waals surface area contributed by atoms with E-state index >= 15 is 0 Å². The van der Waals surface area contributed by atoms with E-state index < -0.39 is 0 Å². The molecule has 0 spiro atoms. The van der Waals surface area contributed by atoms with Crippen LogP contribution in [-0.4, -0.2) is 4.98 Å². The Labute approximate surface area is 115 Å². The maximum Gasteiger partial charge on any atom is 0.0742 e. The highest BCUT2D eigenvalue weighted by Crippen LogP contribution is 2.41. The number of fused-ring (bicyclic) bond motifs is 1. The lowest BCUT2D eigenvalue weighted by atomic mass is 9.78. The summed E-state index contributed by atoms with van der Waals surface area (Å²) >= 11 is 0. The molecule has 2 aromatic rings. The van der Waals surface area contributed by atoms with Gasteiger partial charge in [0.1, 0.15) is 0 Å². The highest BCUT2D eigenvalue weighted by atomic mass is 14.7. The summed E-state index contributed by atoms with van der Waals surface area (Å²) in [4.78, 5) is 5.06. The predicted octanol–water partition coefficient (Wildman–Crippen LogP) is 5.08. The van der Waals surface area contributed by atoms with Gasteiger partial charge >= 0.3 is 0 Å². The van der Waals surface area contributed by atoms with Gasteiger partial charge in [-0.2, -0.15) is 0 Å². The summed E-state index contributed by atoms with van der Waals surface area (Å²) in [5.74, 6) is 1.50. The van der Waals surface area contributed by atoms with Crippen LogP contribution >= 0.6 is 0 Å². The van der Waals surface area contributed by atoms with Gasteiger partial charge < -0.3 is 0 Å². The number of nitrogens with zero attached hydrogens (tertiary/aromatic N) is 1. The van der Waals surface area contributed by atoms with Crippen molar-refractivity contribution in [2.24, 2.45) is 0 Å². The molecular formula is C18H21N. The summed E-state index contributed by atoms with van der Waals surface area (Å²) in [6, 6.07) is 9.10.